The maximum absolute atomic E-state index is 13.2. The monoisotopic (exact) mass is 566 g/mol. The molecule has 1 aromatic heterocycles. The summed E-state index contributed by atoms with van der Waals surface area (Å²) in [5.74, 6) is 0.0113. The van der Waals surface area contributed by atoms with Crippen molar-refractivity contribution in [2.45, 2.75) is 25.2 Å². The van der Waals surface area contributed by atoms with E-state index in [4.69, 9.17) is 5.10 Å². The highest BCUT2D eigenvalue weighted by molar-refractivity contribution is 9.10. The van der Waals surface area contributed by atoms with Crippen LogP contribution in [0, 0.1) is 6.92 Å². The quantitative estimate of drug-likeness (QED) is 0.283. The average Bonchev–Trinajstić information content (AvgIpc) is 3.28. The maximum Gasteiger partial charge on any atom is 0.243 e. The first-order valence-electron chi connectivity index (χ1n) is 11.6. The van der Waals surface area contributed by atoms with E-state index < -0.39 is 15.9 Å². The fourth-order valence-corrected chi connectivity index (χ4v) is 5.49. The fraction of sp³-hybridized carbons (Fsp3) is 0.185. The van der Waals surface area contributed by atoms with Crippen LogP contribution < -0.4 is 5.32 Å². The number of carbonyl (C=O) groups is 1. The van der Waals surface area contributed by atoms with Crippen molar-refractivity contribution < 1.29 is 13.2 Å². The van der Waals surface area contributed by atoms with E-state index in [-0.39, 0.29) is 18.0 Å². The highest BCUT2D eigenvalue weighted by Crippen LogP contribution is 2.25. The third-order valence-corrected chi connectivity index (χ3v) is 7.96. The number of hydrogen-bond acceptors (Lipinski definition) is 4. The van der Waals surface area contributed by atoms with Crippen molar-refractivity contribution in [1.29, 1.82) is 0 Å². The van der Waals surface area contributed by atoms with E-state index in [0.717, 1.165) is 21.3 Å². The number of rotatable bonds is 9. The van der Waals surface area contributed by atoms with Crippen LogP contribution in [0.15, 0.2) is 94.3 Å². The lowest BCUT2D eigenvalue weighted by molar-refractivity contribution is -0.116. The molecule has 1 N–H and O–H groups in total. The lowest BCUT2D eigenvalue weighted by Crippen LogP contribution is -2.38. The number of nitrogens with one attached hydrogen (secondary N) is 1. The molecule has 0 spiro atoms. The van der Waals surface area contributed by atoms with Crippen molar-refractivity contribution >= 4 is 37.7 Å². The number of anilines is 1. The molecule has 0 aliphatic rings. The molecule has 0 saturated heterocycles. The molecule has 186 valence electrons. The SMILES string of the molecule is CCCN(CC(=O)Nc1cc(-c2ccccc2)nn1-c1ccc(C)cc1)S(=O)(=O)c1ccc(Br)cc1. The summed E-state index contributed by atoms with van der Waals surface area (Å²) in [6.45, 7) is 3.78. The van der Waals surface area contributed by atoms with Gasteiger partial charge in [0, 0.05) is 22.6 Å². The van der Waals surface area contributed by atoms with Crippen molar-refractivity contribution in [3.05, 3.63) is 95.0 Å². The van der Waals surface area contributed by atoms with Gasteiger partial charge in [0.1, 0.15) is 5.82 Å². The maximum atomic E-state index is 13.2. The van der Waals surface area contributed by atoms with Gasteiger partial charge in [-0.1, -0.05) is 70.9 Å². The average molecular weight is 568 g/mol. The summed E-state index contributed by atoms with van der Waals surface area (Å²) in [7, 11) is -3.84. The van der Waals surface area contributed by atoms with Gasteiger partial charge in [-0.05, 0) is 49.7 Å². The zero-order valence-corrected chi connectivity index (χ0v) is 22.5. The Morgan fingerprint density at radius 1 is 1.00 bits per heavy atom. The molecule has 0 unspecified atom stereocenters. The Bertz CT molecular complexity index is 1430. The number of hydrogen-bond donors (Lipinski definition) is 1. The summed E-state index contributed by atoms with van der Waals surface area (Å²) in [5.41, 5.74) is 3.49. The van der Waals surface area contributed by atoms with E-state index >= 15 is 0 Å². The number of sulfonamides is 1. The van der Waals surface area contributed by atoms with Gasteiger partial charge in [0.25, 0.3) is 0 Å². The Labute approximate surface area is 219 Å². The molecule has 1 amide bonds. The third-order valence-electron chi connectivity index (χ3n) is 5.57. The molecular formula is C27H27BrN4O3S. The largest absolute Gasteiger partial charge is 0.309 e. The summed E-state index contributed by atoms with van der Waals surface area (Å²) in [6.07, 6.45) is 0.572. The number of benzene rings is 3. The summed E-state index contributed by atoms with van der Waals surface area (Å²) in [6, 6.07) is 25.6. The molecule has 7 nitrogen and oxygen atoms in total. The second-order valence-electron chi connectivity index (χ2n) is 8.37. The minimum Gasteiger partial charge on any atom is -0.309 e. The van der Waals surface area contributed by atoms with E-state index in [9.17, 15) is 13.2 Å². The van der Waals surface area contributed by atoms with Gasteiger partial charge in [0.05, 0.1) is 22.8 Å². The number of halogens is 1. The van der Waals surface area contributed by atoms with Crippen molar-refractivity contribution in [3.63, 3.8) is 0 Å². The van der Waals surface area contributed by atoms with Gasteiger partial charge in [-0.2, -0.15) is 9.40 Å². The molecule has 0 fully saturated rings. The van der Waals surface area contributed by atoms with Crippen molar-refractivity contribution in [2.24, 2.45) is 0 Å². The van der Waals surface area contributed by atoms with Crippen molar-refractivity contribution in [2.75, 3.05) is 18.4 Å². The van der Waals surface area contributed by atoms with Crippen LogP contribution in [0.2, 0.25) is 0 Å². The number of nitrogens with zero attached hydrogens (tertiary/aromatic N) is 3. The summed E-state index contributed by atoms with van der Waals surface area (Å²) < 4.78 is 30.1. The van der Waals surface area contributed by atoms with Gasteiger partial charge in [-0.3, -0.25) is 4.79 Å². The van der Waals surface area contributed by atoms with E-state index in [1.807, 2.05) is 68.4 Å². The minimum absolute atomic E-state index is 0.142. The molecule has 1 heterocycles. The van der Waals surface area contributed by atoms with E-state index in [1.165, 1.54) is 16.4 Å². The number of amides is 1. The number of aromatic nitrogens is 2. The Kier molecular flexibility index (Phi) is 8.03. The van der Waals surface area contributed by atoms with Crippen LogP contribution in [0.4, 0.5) is 5.82 Å². The molecule has 4 aromatic rings. The fourth-order valence-electron chi connectivity index (χ4n) is 3.73. The van der Waals surface area contributed by atoms with Crippen molar-refractivity contribution in [3.8, 4) is 16.9 Å². The van der Waals surface area contributed by atoms with Gasteiger partial charge in [-0.25, -0.2) is 13.1 Å². The smallest absolute Gasteiger partial charge is 0.243 e. The van der Waals surface area contributed by atoms with Gasteiger partial charge >= 0.3 is 0 Å². The first-order chi connectivity index (χ1) is 17.3. The highest BCUT2D eigenvalue weighted by atomic mass is 79.9. The predicted molar refractivity (Wildman–Crippen MR) is 146 cm³/mol. The van der Waals surface area contributed by atoms with Crippen LogP contribution in [0.25, 0.3) is 16.9 Å². The van der Waals surface area contributed by atoms with Crippen LogP contribution >= 0.6 is 15.9 Å². The zero-order valence-electron chi connectivity index (χ0n) is 20.1. The Morgan fingerprint density at radius 2 is 1.67 bits per heavy atom. The summed E-state index contributed by atoms with van der Waals surface area (Å²) in [5, 5.41) is 7.60. The van der Waals surface area contributed by atoms with Crippen LogP contribution in [0.3, 0.4) is 0 Å². The zero-order chi connectivity index (χ0) is 25.7. The molecule has 9 heteroatoms. The van der Waals surface area contributed by atoms with Gasteiger partial charge in [0.2, 0.25) is 15.9 Å². The van der Waals surface area contributed by atoms with Crippen LogP contribution in [-0.2, 0) is 14.8 Å². The molecule has 4 rings (SSSR count). The van der Waals surface area contributed by atoms with Gasteiger partial charge in [0.15, 0.2) is 0 Å². The molecule has 0 bridgehead atoms. The standard InChI is InChI=1S/C27H27BrN4O3S/c1-3-17-31(36(34,35)24-15-11-22(28)12-16-24)19-27(33)29-26-18-25(21-7-5-4-6-8-21)30-32(26)23-13-9-20(2)10-14-23/h4-16,18H,3,17,19H2,1-2H3,(H,29,33). The van der Waals surface area contributed by atoms with Gasteiger partial charge in [-0.15, -0.1) is 0 Å². The Balaban J connectivity index is 1.63. The predicted octanol–water partition coefficient (Wildman–Crippen LogP) is 5.65. The molecule has 0 aliphatic heterocycles. The number of aryl methyl sites for hydroxylation is 1. The van der Waals surface area contributed by atoms with E-state index in [1.54, 1.807) is 22.9 Å². The molecule has 0 saturated carbocycles. The summed E-state index contributed by atoms with van der Waals surface area (Å²) in [4.78, 5) is 13.3. The van der Waals surface area contributed by atoms with Crippen LogP contribution in [0.1, 0.15) is 18.9 Å². The van der Waals surface area contributed by atoms with E-state index in [0.29, 0.717) is 17.9 Å². The second-order valence-corrected chi connectivity index (χ2v) is 11.2. The first kappa shape index (κ1) is 25.8. The van der Waals surface area contributed by atoms with Crippen LogP contribution in [-0.4, -0.2) is 41.5 Å². The lowest BCUT2D eigenvalue weighted by Gasteiger charge is -2.21. The van der Waals surface area contributed by atoms with Crippen LogP contribution in [0.5, 0.6) is 0 Å². The molecule has 0 atom stereocenters. The Hall–Kier alpha value is -3.27. The molecule has 0 radical (unpaired) electrons. The molecule has 0 aliphatic carbocycles. The molecular weight excluding hydrogens is 540 g/mol. The number of carbonyl (C=O) groups excluding carboxylic acids is 1. The molecule has 3 aromatic carbocycles. The van der Waals surface area contributed by atoms with Crippen molar-refractivity contribution in [1.82, 2.24) is 14.1 Å². The first-order valence-corrected chi connectivity index (χ1v) is 13.8. The highest BCUT2D eigenvalue weighted by Gasteiger charge is 2.26. The van der Waals surface area contributed by atoms with E-state index in [2.05, 4.69) is 21.2 Å². The van der Waals surface area contributed by atoms with Gasteiger partial charge < -0.3 is 5.32 Å². The minimum atomic E-state index is -3.84. The second kappa shape index (κ2) is 11.2. The lowest BCUT2D eigenvalue weighted by atomic mass is 10.1. The normalized spacial score (nSPS) is 11.6. The Morgan fingerprint density at radius 3 is 2.31 bits per heavy atom. The summed E-state index contributed by atoms with van der Waals surface area (Å²) >= 11 is 3.33. The topological polar surface area (TPSA) is 84.3 Å². The third kappa shape index (κ3) is 5.92. The molecule has 36 heavy (non-hydrogen) atoms.